The normalized spacial score (nSPS) is 17.0. The number of fused-ring (bicyclic) bond motifs is 1. The lowest BCUT2D eigenvalue weighted by Crippen LogP contribution is -2.23. The molecule has 0 bridgehead atoms. The van der Waals surface area contributed by atoms with Gasteiger partial charge in [0.2, 0.25) is 0 Å². The summed E-state index contributed by atoms with van der Waals surface area (Å²) in [6.07, 6.45) is 1.33. The summed E-state index contributed by atoms with van der Waals surface area (Å²) in [5, 5.41) is 0. The van der Waals surface area contributed by atoms with Crippen LogP contribution in [0.15, 0.2) is 45.8 Å². The van der Waals surface area contributed by atoms with Crippen molar-refractivity contribution in [2.45, 2.75) is 24.2 Å². The summed E-state index contributed by atoms with van der Waals surface area (Å²) in [5.41, 5.74) is 2.23. The molecule has 0 amide bonds. The summed E-state index contributed by atoms with van der Waals surface area (Å²) in [5.74, 6) is 0.275. The molecule has 1 heterocycles. The molecule has 2 aromatic carbocycles. The minimum Gasteiger partial charge on any atom is -0.492 e. The zero-order valence-electron chi connectivity index (χ0n) is 13.2. The lowest BCUT2D eigenvalue weighted by Gasteiger charge is -2.28. The molecule has 0 N–H and O–H groups in total. The van der Waals surface area contributed by atoms with Crippen LogP contribution in [0.4, 0.5) is 0 Å². The zero-order valence-corrected chi connectivity index (χ0v) is 15.6. The summed E-state index contributed by atoms with van der Waals surface area (Å²) < 4.78 is 31.9. The summed E-state index contributed by atoms with van der Waals surface area (Å²) in [6.45, 7) is 2.32. The molecule has 0 spiro atoms. The highest BCUT2D eigenvalue weighted by molar-refractivity contribution is 9.10. The van der Waals surface area contributed by atoms with Gasteiger partial charge in [-0.05, 0) is 37.6 Å². The molecule has 0 saturated heterocycles. The minimum absolute atomic E-state index is 0.00662. The van der Waals surface area contributed by atoms with E-state index in [0.29, 0.717) is 29.2 Å². The molecular weight excluding hydrogens is 392 g/mol. The van der Waals surface area contributed by atoms with E-state index in [0.717, 1.165) is 21.9 Å². The molecule has 0 fully saturated rings. The van der Waals surface area contributed by atoms with Crippen LogP contribution < -0.4 is 4.74 Å². The van der Waals surface area contributed by atoms with E-state index in [-0.39, 0.29) is 11.7 Å². The molecule has 0 aliphatic carbocycles. The van der Waals surface area contributed by atoms with Gasteiger partial charge in [0.1, 0.15) is 5.75 Å². The number of hydrogen-bond donors (Lipinski definition) is 0. The third-order valence-corrected chi connectivity index (χ3v) is 6.75. The molecule has 2 aromatic rings. The first kappa shape index (κ1) is 17.2. The highest BCUT2D eigenvalue weighted by atomic mass is 79.9. The van der Waals surface area contributed by atoms with Gasteiger partial charge in [0.05, 0.1) is 22.8 Å². The molecule has 0 saturated carbocycles. The van der Waals surface area contributed by atoms with E-state index in [4.69, 9.17) is 4.74 Å². The van der Waals surface area contributed by atoms with Crippen molar-refractivity contribution in [2.24, 2.45) is 0 Å². The standard InChI is InChI=1S/C18H17BrO4S/c1-12-2-5-15(6-3-12)24(21,22)11-14-8-9-23-18-13(10-20)4-7-16(19)17(14)18/h2-7,10,14H,8-9,11H2,1H3/t14-/m0/s1. The second kappa shape index (κ2) is 6.69. The van der Waals surface area contributed by atoms with Gasteiger partial charge in [-0.15, -0.1) is 0 Å². The molecule has 1 atom stereocenters. The lowest BCUT2D eigenvalue weighted by molar-refractivity contribution is 0.111. The lowest BCUT2D eigenvalue weighted by atomic mass is 9.93. The summed E-state index contributed by atoms with van der Waals surface area (Å²) in [4.78, 5) is 11.5. The second-order valence-corrected chi connectivity index (χ2v) is 8.81. The van der Waals surface area contributed by atoms with Crippen molar-refractivity contribution in [2.75, 3.05) is 12.4 Å². The van der Waals surface area contributed by atoms with Crippen LogP contribution in [-0.2, 0) is 9.84 Å². The number of carbonyl (C=O) groups is 1. The second-order valence-electron chi connectivity index (χ2n) is 5.93. The molecule has 4 nitrogen and oxygen atoms in total. The smallest absolute Gasteiger partial charge is 0.178 e. The average Bonchev–Trinajstić information content (AvgIpc) is 2.55. The Balaban J connectivity index is 1.98. The van der Waals surface area contributed by atoms with Gasteiger partial charge < -0.3 is 4.74 Å². The summed E-state index contributed by atoms with van der Waals surface area (Å²) in [6, 6.07) is 10.3. The number of benzene rings is 2. The first-order chi connectivity index (χ1) is 11.4. The monoisotopic (exact) mass is 408 g/mol. The van der Waals surface area contributed by atoms with Crippen LogP contribution in [0, 0.1) is 6.92 Å². The Morgan fingerprint density at radius 1 is 1.21 bits per heavy atom. The molecular formula is C18H17BrO4S. The van der Waals surface area contributed by atoms with E-state index in [1.165, 1.54) is 0 Å². The van der Waals surface area contributed by atoms with Gasteiger partial charge in [0, 0.05) is 16.0 Å². The number of rotatable bonds is 4. The van der Waals surface area contributed by atoms with Gasteiger partial charge in [-0.1, -0.05) is 33.6 Å². The first-order valence-electron chi connectivity index (χ1n) is 7.62. The van der Waals surface area contributed by atoms with Crippen molar-refractivity contribution in [3.63, 3.8) is 0 Å². The van der Waals surface area contributed by atoms with Gasteiger partial charge in [0.15, 0.2) is 16.1 Å². The van der Waals surface area contributed by atoms with Crippen LogP contribution in [0.3, 0.4) is 0 Å². The van der Waals surface area contributed by atoms with Gasteiger partial charge in [-0.25, -0.2) is 8.42 Å². The number of ether oxygens (including phenoxy) is 1. The van der Waals surface area contributed by atoms with E-state index < -0.39 is 9.84 Å². The Hall–Kier alpha value is -1.66. The number of aldehydes is 1. The fourth-order valence-electron chi connectivity index (χ4n) is 2.95. The van der Waals surface area contributed by atoms with Crippen molar-refractivity contribution in [1.29, 1.82) is 0 Å². The quantitative estimate of drug-likeness (QED) is 0.719. The molecule has 0 unspecified atom stereocenters. The van der Waals surface area contributed by atoms with Gasteiger partial charge in [0.25, 0.3) is 0 Å². The predicted octanol–water partition coefficient (Wildman–Crippen LogP) is 3.91. The summed E-state index contributed by atoms with van der Waals surface area (Å²) >= 11 is 3.47. The molecule has 1 aliphatic rings. The van der Waals surface area contributed by atoms with Crippen LogP contribution in [0.5, 0.6) is 5.75 Å². The predicted molar refractivity (Wildman–Crippen MR) is 95.6 cm³/mol. The minimum atomic E-state index is -3.42. The highest BCUT2D eigenvalue weighted by Gasteiger charge is 2.30. The average molecular weight is 409 g/mol. The van der Waals surface area contributed by atoms with E-state index in [2.05, 4.69) is 15.9 Å². The van der Waals surface area contributed by atoms with Crippen molar-refractivity contribution >= 4 is 32.1 Å². The molecule has 3 rings (SSSR count). The first-order valence-corrected chi connectivity index (χ1v) is 10.1. The van der Waals surface area contributed by atoms with Crippen LogP contribution in [0.1, 0.15) is 33.8 Å². The van der Waals surface area contributed by atoms with Gasteiger partial charge in [-0.2, -0.15) is 0 Å². The van der Waals surface area contributed by atoms with Crippen molar-refractivity contribution in [3.05, 3.63) is 57.6 Å². The molecule has 126 valence electrons. The Labute approximate surface area is 149 Å². The van der Waals surface area contributed by atoms with Crippen molar-refractivity contribution in [3.8, 4) is 5.75 Å². The maximum atomic E-state index is 12.8. The fraction of sp³-hybridized carbons (Fsp3) is 0.278. The number of aryl methyl sites for hydroxylation is 1. The number of halogens is 1. The van der Waals surface area contributed by atoms with Crippen LogP contribution in [0.25, 0.3) is 0 Å². The highest BCUT2D eigenvalue weighted by Crippen LogP contribution is 2.41. The Kier molecular flexibility index (Phi) is 4.78. The number of hydrogen-bond acceptors (Lipinski definition) is 4. The van der Waals surface area contributed by atoms with E-state index in [1.807, 2.05) is 6.92 Å². The largest absolute Gasteiger partial charge is 0.492 e. The fourth-order valence-corrected chi connectivity index (χ4v) is 5.19. The van der Waals surface area contributed by atoms with Crippen LogP contribution >= 0.6 is 15.9 Å². The molecule has 0 aromatic heterocycles. The van der Waals surface area contributed by atoms with Crippen molar-refractivity contribution in [1.82, 2.24) is 0 Å². The zero-order chi connectivity index (χ0) is 17.3. The van der Waals surface area contributed by atoms with Gasteiger partial charge >= 0.3 is 0 Å². The maximum Gasteiger partial charge on any atom is 0.178 e. The Morgan fingerprint density at radius 3 is 2.58 bits per heavy atom. The Morgan fingerprint density at radius 2 is 1.92 bits per heavy atom. The van der Waals surface area contributed by atoms with Crippen LogP contribution in [0.2, 0.25) is 0 Å². The summed E-state index contributed by atoms with van der Waals surface area (Å²) in [7, 11) is -3.42. The third kappa shape index (κ3) is 3.26. The SMILES string of the molecule is Cc1ccc(S(=O)(=O)C[C@@H]2CCOc3c(C=O)ccc(Br)c32)cc1. The van der Waals surface area contributed by atoms with E-state index in [1.54, 1.807) is 36.4 Å². The third-order valence-electron chi connectivity index (χ3n) is 4.22. The molecule has 1 aliphatic heterocycles. The van der Waals surface area contributed by atoms with E-state index >= 15 is 0 Å². The number of sulfone groups is 1. The Bertz CT molecular complexity index is 873. The van der Waals surface area contributed by atoms with Crippen LogP contribution in [-0.4, -0.2) is 27.1 Å². The topological polar surface area (TPSA) is 60.4 Å². The molecule has 0 radical (unpaired) electrons. The van der Waals surface area contributed by atoms with E-state index in [9.17, 15) is 13.2 Å². The van der Waals surface area contributed by atoms with Gasteiger partial charge in [-0.3, -0.25) is 4.79 Å². The molecule has 6 heteroatoms. The maximum absolute atomic E-state index is 12.8. The number of carbonyl (C=O) groups excluding carboxylic acids is 1. The van der Waals surface area contributed by atoms with Crippen molar-refractivity contribution < 1.29 is 17.9 Å². The molecule has 24 heavy (non-hydrogen) atoms.